The van der Waals surface area contributed by atoms with E-state index in [4.69, 9.17) is 0 Å². The number of nitrogens with one attached hydrogen (secondary N) is 2. The van der Waals surface area contributed by atoms with Gasteiger partial charge in [0, 0.05) is 24.0 Å². The van der Waals surface area contributed by atoms with Gasteiger partial charge >= 0.3 is 0 Å². The summed E-state index contributed by atoms with van der Waals surface area (Å²) in [4.78, 5) is 4.71. The summed E-state index contributed by atoms with van der Waals surface area (Å²) >= 11 is 1.37. The van der Waals surface area contributed by atoms with Crippen molar-refractivity contribution in [2.45, 2.75) is 30.2 Å². The van der Waals surface area contributed by atoms with Crippen molar-refractivity contribution in [2.75, 3.05) is 12.4 Å². The quantitative estimate of drug-likeness (QED) is 0.848. The summed E-state index contributed by atoms with van der Waals surface area (Å²) < 4.78 is 29.9. The van der Waals surface area contributed by atoms with E-state index >= 15 is 0 Å². The summed E-state index contributed by atoms with van der Waals surface area (Å²) in [6, 6.07) is 6.78. The minimum Gasteiger partial charge on any atom is -0.356 e. The molecule has 8 heteroatoms. The first-order valence-corrected chi connectivity index (χ1v) is 8.94. The van der Waals surface area contributed by atoms with Gasteiger partial charge in [-0.1, -0.05) is 12.1 Å². The molecular weight excluding hydrogens is 308 g/mol. The van der Waals surface area contributed by atoms with E-state index in [1.165, 1.54) is 31.4 Å². The summed E-state index contributed by atoms with van der Waals surface area (Å²) in [7, 11) is -1.97. The van der Waals surface area contributed by atoms with Gasteiger partial charge in [-0.25, -0.2) is 18.1 Å². The third kappa shape index (κ3) is 3.39. The van der Waals surface area contributed by atoms with Gasteiger partial charge in [0.15, 0.2) is 0 Å². The molecule has 1 heterocycles. The van der Waals surface area contributed by atoms with Gasteiger partial charge in [-0.05, 0) is 37.6 Å². The molecule has 3 rings (SSSR count). The molecule has 2 aromatic rings. The van der Waals surface area contributed by atoms with E-state index in [9.17, 15) is 8.42 Å². The van der Waals surface area contributed by atoms with E-state index in [-0.39, 0.29) is 4.90 Å². The fraction of sp³-hybridized carbons (Fsp3) is 0.385. The van der Waals surface area contributed by atoms with Crippen LogP contribution < -0.4 is 10.0 Å². The molecule has 0 atom stereocenters. The zero-order valence-electron chi connectivity index (χ0n) is 11.5. The van der Waals surface area contributed by atoms with Crippen LogP contribution in [0, 0.1) is 0 Å². The van der Waals surface area contributed by atoms with Crippen molar-refractivity contribution >= 4 is 26.7 Å². The standard InChI is InChI=1S/C13H16N4O2S2/c1-14-21(18,19)11-6-2-9(3-7-11)8-15-13-16-12(17-20-13)10-4-5-10/h2-3,6-7,10,14H,4-5,8H2,1H3,(H,15,16,17). The first kappa shape index (κ1) is 14.4. The van der Waals surface area contributed by atoms with E-state index in [1.807, 2.05) is 0 Å². The molecule has 2 N–H and O–H groups in total. The Hall–Kier alpha value is -1.51. The molecular formula is C13H16N4O2S2. The number of rotatable bonds is 6. The zero-order chi connectivity index (χ0) is 14.9. The lowest BCUT2D eigenvalue weighted by Gasteiger charge is -2.05. The average Bonchev–Trinajstić information content (AvgIpc) is 3.24. The van der Waals surface area contributed by atoms with Crippen molar-refractivity contribution in [3.63, 3.8) is 0 Å². The van der Waals surface area contributed by atoms with Crippen LogP contribution in [0.15, 0.2) is 29.2 Å². The second kappa shape index (κ2) is 5.70. The van der Waals surface area contributed by atoms with Crippen molar-refractivity contribution < 1.29 is 8.42 Å². The smallest absolute Gasteiger partial charge is 0.240 e. The van der Waals surface area contributed by atoms with E-state index in [2.05, 4.69) is 19.4 Å². The monoisotopic (exact) mass is 324 g/mol. The van der Waals surface area contributed by atoms with Crippen molar-refractivity contribution in [3.8, 4) is 0 Å². The van der Waals surface area contributed by atoms with Crippen LogP contribution in [0.1, 0.15) is 30.1 Å². The first-order chi connectivity index (χ1) is 10.1. The molecule has 1 aromatic heterocycles. The molecule has 112 valence electrons. The lowest BCUT2D eigenvalue weighted by Crippen LogP contribution is -2.18. The number of sulfonamides is 1. The summed E-state index contributed by atoms with van der Waals surface area (Å²) in [5, 5.41) is 4.03. The Morgan fingerprint density at radius 3 is 2.62 bits per heavy atom. The minimum absolute atomic E-state index is 0.265. The van der Waals surface area contributed by atoms with Crippen LogP contribution in [0.2, 0.25) is 0 Å². The number of nitrogens with zero attached hydrogens (tertiary/aromatic N) is 2. The Labute approximate surface area is 127 Å². The molecule has 0 spiro atoms. The molecule has 0 amide bonds. The molecule has 1 aliphatic carbocycles. The van der Waals surface area contributed by atoms with Crippen LogP contribution in [0.5, 0.6) is 0 Å². The van der Waals surface area contributed by atoms with Gasteiger partial charge in [-0.2, -0.15) is 4.37 Å². The van der Waals surface area contributed by atoms with Crippen LogP contribution in [-0.2, 0) is 16.6 Å². The summed E-state index contributed by atoms with van der Waals surface area (Å²) in [6.07, 6.45) is 2.38. The molecule has 6 nitrogen and oxygen atoms in total. The number of benzene rings is 1. The largest absolute Gasteiger partial charge is 0.356 e. The number of aromatic nitrogens is 2. The SMILES string of the molecule is CNS(=O)(=O)c1ccc(CNc2nc(C3CC3)ns2)cc1. The van der Waals surface area contributed by atoms with Crippen LogP contribution in [-0.4, -0.2) is 24.8 Å². The maximum absolute atomic E-state index is 11.6. The van der Waals surface area contributed by atoms with Crippen LogP contribution >= 0.6 is 11.5 Å². The second-order valence-corrected chi connectivity index (χ2v) is 7.58. The fourth-order valence-corrected chi connectivity index (χ4v) is 3.27. The van der Waals surface area contributed by atoms with Crippen molar-refractivity contribution in [1.29, 1.82) is 0 Å². The zero-order valence-corrected chi connectivity index (χ0v) is 13.2. The molecule has 0 radical (unpaired) electrons. The Balaban J connectivity index is 1.62. The molecule has 1 aliphatic rings. The second-order valence-electron chi connectivity index (χ2n) is 4.94. The van der Waals surface area contributed by atoms with Gasteiger partial charge in [0.2, 0.25) is 15.2 Å². The molecule has 21 heavy (non-hydrogen) atoms. The fourth-order valence-electron chi connectivity index (χ4n) is 1.90. The normalized spacial score (nSPS) is 15.1. The first-order valence-electron chi connectivity index (χ1n) is 6.68. The topological polar surface area (TPSA) is 84.0 Å². The van der Waals surface area contributed by atoms with Crippen molar-refractivity contribution in [2.24, 2.45) is 0 Å². The molecule has 0 bridgehead atoms. The van der Waals surface area contributed by atoms with E-state index < -0.39 is 10.0 Å². The van der Waals surface area contributed by atoms with E-state index in [0.717, 1.165) is 16.5 Å². The predicted octanol–water partition coefficient (Wildman–Crippen LogP) is 1.94. The van der Waals surface area contributed by atoms with Gasteiger partial charge < -0.3 is 5.32 Å². The lowest BCUT2D eigenvalue weighted by atomic mass is 10.2. The average molecular weight is 324 g/mol. The molecule has 1 aromatic carbocycles. The van der Waals surface area contributed by atoms with Crippen molar-refractivity contribution in [3.05, 3.63) is 35.7 Å². The molecule has 0 saturated heterocycles. The molecule has 1 saturated carbocycles. The number of hydrogen-bond acceptors (Lipinski definition) is 6. The Morgan fingerprint density at radius 1 is 1.29 bits per heavy atom. The molecule has 0 aliphatic heterocycles. The molecule has 0 unspecified atom stereocenters. The van der Waals surface area contributed by atoms with Crippen LogP contribution in [0.4, 0.5) is 5.13 Å². The minimum atomic E-state index is -3.37. The highest BCUT2D eigenvalue weighted by Gasteiger charge is 2.27. The number of hydrogen-bond donors (Lipinski definition) is 2. The maximum Gasteiger partial charge on any atom is 0.240 e. The van der Waals surface area contributed by atoms with Gasteiger partial charge in [0.25, 0.3) is 0 Å². The summed E-state index contributed by atoms with van der Waals surface area (Å²) in [6.45, 7) is 0.596. The Bertz CT molecular complexity index is 721. The van der Waals surface area contributed by atoms with Crippen molar-refractivity contribution in [1.82, 2.24) is 14.1 Å². The Kier molecular flexibility index (Phi) is 3.92. The van der Waals surface area contributed by atoms with Crippen LogP contribution in [0.25, 0.3) is 0 Å². The van der Waals surface area contributed by atoms with Gasteiger partial charge in [-0.15, -0.1) is 0 Å². The summed E-state index contributed by atoms with van der Waals surface area (Å²) in [5.41, 5.74) is 0.994. The Morgan fingerprint density at radius 2 is 2.00 bits per heavy atom. The molecule has 1 fully saturated rings. The predicted molar refractivity (Wildman–Crippen MR) is 81.9 cm³/mol. The maximum atomic E-state index is 11.6. The third-order valence-electron chi connectivity index (χ3n) is 3.33. The highest BCUT2D eigenvalue weighted by molar-refractivity contribution is 7.89. The van der Waals surface area contributed by atoms with E-state index in [1.54, 1.807) is 24.3 Å². The highest BCUT2D eigenvalue weighted by atomic mass is 32.2. The highest BCUT2D eigenvalue weighted by Crippen LogP contribution is 2.39. The summed E-state index contributed by atoms with van der Waals surface area (Å²) in [5.74, 6) is 1.50. The third-order valence-corrected chi connectivity index (χ3v) is 5.45. The lowest BCUT2D eigenvalue weighted by molar-refractivity contribution is 0.588. The van der Waals surface area contributed by atoms with Gasteiger partial charge in [-0.3, -0.25) is 0 Å². The number of anilines is 1. The van der Waals surface area contributed by atoms with E-state index in [0.29, 0.717) is 12.5 Å². The van der Waals surface area contributed by atoms with Gasteiger partial charge in [0.1, 0.15) is 5.82 Å². The van der Waals surface area contributed by atoms with Crippen LogP contribution in [0.3, 0.4) is 0 Å². The van der Waals surface area contributed by atoms with Gasteiger partial charge in [0.05, 0.1) is 4.90 Å².